The molecule has 2 unspecified atom stereocenters. The van der Waals surface area contributed by atoms with Gasteiger partial charge in [-0.3, -0.25) is 9.59 Å². The summed E-state index contributed by atoms with van der Waals surface area (Å²) in [6, 6.07) is -0.628. The number of amides is 1. The maximum atomic E-state index is 12.4. The van der Waals surface area contributed by atoms with Crippen LogP contribution in [0.3, 0.4) is 0 Å². The second kappa shape index (κ2) is 53.2. The maximum Gasteiger partial charge on any atom is 0.305 e. The Bertz CT molecular complexity index is 939. The molecule has 0 saturated heterocycles. The number of unbranched alkanes of at least 4 members (excludes halogenated alkanes) is 42. The average molecular weight is 891 g/mol. The van der Waals surface area contributed by atoms with Crippen LogP contribution in [-0.4, -0.2) is 47.4 Å². The molecule has 0 rings (SSSR count). The second-order valence-corrected chi connectivity index (χ2v) is 19.6. The number of carbonyl (C=O) groups excluding carboxylic acids is 2. The van der Waals surface area contributed by atoms with E-state index in [1.54, 1.807) is 6.08 Å². The van der Waals surface area contributed by atoms with Crippen LogP contribution in [0.4, 0.5) is 0 Å². The minimum absolute atomic E-state index is 0.00992. The first kappa shape index (κ1) is 61.6. The van der Waals surface area contributed by atoms with Crippen molar-refractivity contribution in [1.29, 1.82) is 0 Å². The van der Waals surface area contributed by atoms with Gasteiger partial charge in [-0.15, -0.1) is 0 Å². The smallest absolute Gasteiger partial charge is 0.305 e. The molecule has 0 radical (unpaired) electrons. The van der Waals surface area contributed by atoms with Gasteiger partial charge in [0.15, 0.2) is 0 Å². The van der Waals surface area contributed by atoms with E-state index in [-0.39, 0.29) is 18.5 Å². The molecule has 0 aliphatic carbocycles. The second-order valence-electron chi connectivity index (χ2n) is 19.6. The van der Waals surface area contributed by atoms with E-state index in [1.165, 1.54) is 250 Å². The molecule has 0 saturated carbocycles. The molecule has 0 aromatic rings. The predicted octanol–water partition coefficient (Wildman–Crippen LogP) is 17.3. The molecule has 3 N–H and O–H groups in total. The minimum atomic E-state index is -0.844. The molecule has 63 heavy (non-hydrogen) atoms. The summed E-state index contributed by atoms with van der Waals surface area (Å²) >= 11 is 0. The Morgan fingerprint density at radius 3 is 1.08 bits per heavy atom. The van der Waals surface area contributed by atoms with Crippen molar-refractivity contribution >= 4 is 11.9 Å². The Kier molecular flexibility index (Phi) is 52.0. The van der Waals surface area contributed by atoms with Gasteiger partial charge in [-0.05, 0) is 32.1 Å². The summed E-state index contributed by atoms with van der Waals surface area (Å²) in [4.78, 5) is 24.4. The van der Waals surface area contributed by atoms with Crippen molar-refractivity contribution in [2.45, 2.75) is 328 Å². The van der Waals surface area contributed by atoms with E-state index in [9.17, 15) is 19.8 Å². The van der Waals surface area contributed by atoms with Gasteiger partial charge >= 0.3 is 5.97 Å². The summed E-state index contributed by atoms with van der Waals surface area (Å²) in [7, 11) is 0. The highest BCUT2D eigenvalue weighted by Gasteiger charge is 2.18. The SMILES string of the molecule is CCCCCCCCCCCCCCC/C=C/C(O)C(CO)NC(=O)CCCCCCCCCCCCCCCCCCCCCCOC(=O)CCCCCCCCCCCCC. The van der Waals surface area contributed by atoms with Crippen molar-refractivity contribution in [3.8, 4) is 0 Å². The van der Waals surface area contributed by atoms with Crippen molar-refractivity contribution in [2.24, 2.45) is 0 Å². The highest BCUT2D eigenvalue weighted by molar-refractivity contribution is 5.76. The molecule has 374 valence electrons. The monoisotopic (exact) mass is 890 g/mol. The van der Waals surface area contributed by atoms with Crippen LogP contribution in [-0.2, 0) is 14.3 Å². The van der Waals surface area contributed by atoms with Crippen molar-refractivity contribution < 1.29 is 24.5 Å². The number of aliphatic hydroxyl groups is 2. The Labute approximate surface area is 393 Å². The Hall–Kier alpha value is -1.40. The molecule has 0 bridgehead atoms. The molecule has 2 atom stereocenters. The van der Waals surface area contributed by atoms with Gasteiger partial charge in [0.1, 0.15) is 0 Å². The van der Waals surface area contributed by atoms with Gasteiger partial charge in [0, 0.05) is 12.8 Å². The van der Waals surface area contributed by atoms with Crippen molar-refractivity contribution in [2.75, 3.05) is 13.2 Å². The predicted molar refractivity (Wildman–Crippen MR) is 273 cm³/mol. The first-order valence-electron chi connectivity index (χ1n) is 28.5. The Morgan fingerprint density at radius 1 is 0.429 bits per heavy atom. The van der Waals surface area contributed by atoms with Gasteiger partial charge in [-0.2, -0.15) is 0 Å². The number of allylic oxidation sites excluding steroid dienone is 1. The van der Waals surface area contributed by atoms with E-state index in [1.807, 2.05) is 6.08 Å². The van der Waals surface area contributed by atoms with Gasteiger partial charge in [0.25, 0.3) is 0 Å². The number of rotatable bonds is 53. The highest BCUT2D eigenvalue weighted by Crippen LogP contribution is 2.17. The molecule has 0 aliphatic heterocycles. The standard InChI is InChI=1S/C57H111NO5/c1-3-5-7-9-11-13-15-16-23-26-30-33-37-41-45-49-55(60)54(53-59)58-56(61)50-46-42-38-34-31-27-24-21-19-17-18-20-22-25-28-32-36-40-44-48-52-63-57(62)51-47-43-39-35-29-14-12-10-8-6-4-2/h45,49,54-55,59-60H,3-44,46-48,50-53H2,1-2H3,(H,58,61)/b49-45+. The fourth-order valence-corrected chi connectivity index (χ4v) is 8.93. The number of aliphatic hydroxyl groups excluding tert-OH is 2. The topological polar surface area (TPSA) is 95.9 Å². The van der Waals surface area contributed by atoms with Crippen LogP contribution in [0.2, 0.25) is 0 Å². The minimum Gasteiger partial charge on any atom is -0.466 e. The van der Waals surface area contributed by atoms with Gasteiger partial charge in [0.2, 0.25) is 5.91 Å². The summed E-state index contributed by atoms with van der Waals surface area (Å²) < 4.78 is 5.46. The zero-order valence-electron chi connectivity index (χ0n) is 42.6. The lowest BCUT2D eigenvalue weighted by atomic mass is 10.0. The van der Waals surface area contributed by atoms with Crippen LogP contribution >= 0.6 is 0 Å². The lowest BCUT2D eigenvalue weighted by Gasteiger charge is -2.20. The lowest BCUT2D eigenvalue weighted by molar-refractivity contribution is -0.143. The van der Waals surface area contributed by atoms with Gasteiger partial charge in [-0.25, -0.2) is 0 Å². The van der Waals surface area contributed by atoms with Crippen LogP contribution < -0.4 is 5.32 Å². The van der Waals surface area contributed by atoms with Crippen molar-refractivity contribution in [3.63, 3.8) is 0 Å². The van der Waals surface area contributed by atoms with Gasteiger partial charge in [-0.1, -0.05) is 283 Å². The average Bonchev–Trinajstić information content (AvgIpc) is 3.28. The summed E-state index contributed by atoms with van der Waals surface area (Å²) in [6.07, 6.45) is 62.3. The third-order valence-corrected chi connectivity index (χ3v) is 13.3. The quantitative estimate of drug-likeness (QED) is 0.0321. The van der Waals surface area contributed by atoms with Crippen LogP contribution in [0.15, 0.2) is 12.2 Å². The number of ether oxygens (including phenoxy) is 1. The molecule has 0 aliphatic rings. The fraction of sp³-hybridized carbons (Fsp3) is 0.930. The number of hydrogen-bond donors (Lipinski definition) is 3. The summed E-state index contributed by atoms with van der Waals surface area (Å²) in [5, 5.41) is 23.1. The number of esters is 1. The van der Waals surface area contributed by atoms with E-state index < -0.39 is 12.1 Å². The molecule has 0 aromatic heterocycles. The van der Waals surface area contributed by atoms with E-state index in [2.05, 4.69) is 19.2 Å². The maximum absolute atomic E-state index is 12.4. The normalized spacial score (nSPS) is 12.6. The summed E-state index contributed by atoms with van der Waals surface area (Å²) in [6.45, 7) is 4.91. The van der Waals surface area contributed by atoms with Gasteiger partial charge < -0.3 is 20.3 Å². The molecule has 1 amide bonds. The summed E-state index contributed by atoms with van der Waals surface area (Å²) in [5.41, 5.74) is 0. The first-order chi connectivity index (χ1) is 31.0. The van der Waals surface area contributed by atoms with Crippen LogP contribution in [0, 0.1) is 0 Å². The van der Waals surface area contributed by atoms with Crippen molar-refractivity contribution in [3.05, 3.63) is 12.2 Å². The molecule has 0 heterocycles. The number of carbonyl (C=O) groups is 2. The molecule has 0 aromatic carbocycles. The first-order valence-corrected chi connectivity index (χ1v) is 28.5. The Morgan fingerprint density at radius 2 is 0.730 bits per heavy atom. The zero-order chi connectivity index (χ0) is 45.8. The molecular formula is C57H111NO5. The van der Waals surface area contributed by atoms with Crippen LogP contribution in [0.5, 0.6) is 0 Å². The van der Waals surface area contributed by atoms with Crippen LogP contribution in [0.25, 0.3) is 0 Å². The van der Waals surface area contributed by atoms with E-state index in [0.717, 1.165) is 38.5 Å². The van der Waals surface area contributed by atoms with E-state index in [0.29, 0.717) is 19.4 Å². The molecular weight excluding hydrogens is 779 g/mol. The largest absolute Gasteiger partial charge is 0.466 e. The molecule has 0 spiro atoms. The van der Waals surface area contributed by atoms with Crippen molar-refractivity contribution in [1.82, 2.24) is 5.32 Å². The Balaban J connectivity index is 3.42. The van der Waals surface area contributed by atoms with Crippen LogP contribution in [0.1, 0.15) is 316 Å². The number of nitrogens with one attached hydrogen (secondary N) is 1. The zero-order valence-corrected chi connectivity index (χ0v) is 42.6. The van der Waals surface area contributed by atoms with Gasteiger partial charge in [0.05, 0.1) is 25.4 Å². The third kappa shape index (κ3) is 49.9. The fourth-order valence-electron chi connectivity index (χ4n) is 8.93. The molecule has 0 fully saturated rings. The van der Waals surface area contributed by atoms with E-state index >= 15 is 0 Å². The molecule has 6 nitrogen and oxygen atoms in total. The highest BCUT2D eigenvalue weighted by atomic mass is 16.5. The summed E-state index contributed by atoms with van der Waals surface area (Å²) in [5.74, 6) is -0.0582. The van der Waals surface area contributed by atoms with E-state index in [4.69, 9.17) is 4.74 Å². The lowest BCUT2D eigenvalue weighted by Crippen LogP contribution is -2.45. The molecule has 6 heteroatoms. The third-order valence-electron chi connectivity index (χ3n) is 13.3. The number of hydrogen-bond acceptors (Lipinski definition) is 5.